The van der Waals surface area contributed by atoms with Gasteiger partial charge >= 0.3 is 0 Å². The van der Waals surface area contributed by atoms with Gasteiger partial charge in [-0.1, -0.05) is 48.0 Å². The molecule has 0 bridgehead atoms. The molecule has 0 fully saturated rings. The minimum absolute atomic E-state index is 0.438. The van der Waals surface area contributed by atoms with Crippen LogP contribution in [0.3, 0.4) is 0 Å². The number of halogens is 1. The molecular weight excluding hydrogens is 256 g/mol. The minimum atomic E-state index is 0.438. The summed E-state index contributed by atoms with van der Waals surface area (Å²) in [6, 6.07) is 16.7. The Bertz CT molecular complexity index is 695. The lowest BCUT2D eigenvalue weighted by Crippen LogP contribution is -1.92. The molecule has 3 heteroatoms. The van der Waals surface area contributed by atoms with Gasteiger partial charge in [0.1, 0.15) is 5.15 Å². The van der Waals surface area contributed by atoms with Crippen molar-refractivity contribution in [1.29, 1.82) is 0 Å². The van der Waals surface area contributed by atoms with E-state index in [9.17, 15) is 0 Å². The number of benzene rings is 2. The fourth-order valence-corrected chi connectivity index (χ4v) is 2.26. The first-order valence-electron chi connectivity index (χ1n) is 6.26. The minimum Gasteiger partial charge on any atom is -0.251 e. The maximum atomic E-state index is 5.87. The van der Waals surface area contributed by atoms with Gasteiger partial charge in [-0.3, -0.25) is 4.98 Å². The van der Waals surface area contributed by atoms with E-state index in [0.29, 0.717) is 5.15 Å². The lowest BCUT2D eigenvalue weighted by atomic mass is 10.0. The van der Waals surface area contributed by atoms with E-state index >= 15 is 0 Å². The van der Waals surface area contributed by atoms with Gasteiger partial charge in [-0.2, -0.15) is 0 Å². The lowest BCUT2D eigenvalue weighted by Gasteiger charge is -2.04. The molecular formula is C16H13ClN2. The highest BCUT2D eigenvalue weighted by Gasteiger charge is 2.01. The molecule has 0 aliphatic heterocycles. The van der Waals surface area contributed by atoms with Crippen LogP contribution in [0.4, 0.5) is 0 Å². The molecule has 19 heavy (non-hydrogen) atoms. The fraction of sp³-hybridized carbons (Fsp3) is 0.125. The van der Waals surface area contributed by atoms with Crippen LogP contribution in [-0.4, -0.2) is 9.97 Å². The van der Waals surface area contributed by atoms with Crippen LogP contribution in [0.5, 0.6) is 0 Å². The van der Waals surface area contributed by atoms with Gasteiger partial charge in [-0.15, -0.1) is 0 Å². The maximum absolute atomic E-state index is 5.87. The average Bonchev–Trinajstić information content (AvgIpc) is 2.46. The van der Waals surface area contributed by atoms with Crippen LogP contribution in [0.2, 0.25) is 5.15 Å². The van der Waals surface area contributed by atoms with Crippen molar-refractivity contribution in [3.63, 3.8) is 0 Å². The van der Waals surface area contributed by atoms with Crippen molar-refractivity contribution in [2.45, 2.75) is 12.8 Å². The maximum Gasteiger partial charge on any atom is 0.148 e. The Balaban J connectivity index is 1.81. The summed E-state index contributed by atoms with van der Waals surface area (Å²) < 4.78 is 0. The summed E-state index contributed by atoms with van der Waals surface area (Å²) in [5.74, 6) is 0. The molecule has 0 N–H and O–H groups in total. The van der Waals surface area contributed by atoms with Gasteiger partial charge in [0.2, 0.25) is 0 Å². The smallest absolute Gasteiger partial charge is 0.148 e. The first-order valence-corrected chi connectivity index (χ1v) is 6.64. The van der Waals surface area contributed by atoms with Gasteiger partial charge in [0.25, 0.3) is 0 Å². The van der Waals surface area contributed by atoms with Crippen LogP contribution in [-0.2, 0) is 12.8 Å². The molecule has 0 aliphatic carbocycles. The Labute approximate surface area is 117 Å². The van der Waals surface area contributed by atoms with Gasteiger partial charge in [0.05, 0.1) is 17.2 Å². The summed E-state index contributed by atoms with van der Waals surface area (Å²) in [5, 5.41) is 0.438. The Morgan fingerprint density at radius 3 is 2.47 bits per heavy atom. The summed E-state index contributed by atoms with van der Waals surface area (Å²) >= 11 is 5.87. The van der Waals surface area contributed by atoms with Crippen LogP contribution in [0.15, 0.2) is 54.7 Å². The SMILES string of the molecule is Clc1cnc2ccc(CCc3ccccc3)cc2n1. The third-order valence-corrected chi connectivity index (χ3v) is 3.30. The highest BCUT2D eigenvalue weighted by molar-refractivity contribution is 6.29. The summed E-state index contributed by atoms with van der Waals surface area (Å²) in [5.41, 5.74) is 4.35. The van der Waals surface area contributed by atoms with Crippen molar-refractivity contribution >= 4 is 22.6 Å². The number of aromatic nitrogens is 2. The van der Waals surface area contributed by atoms with Crippen molar-refractivity contribution in [3.8, 4) is 0 Å². The number of nitrogens with zero attached hydrogens (tertiary/aromatic N) is 2. The molecule has 0 aliphatic rings. The molecule has 0 saturated carbocycles. The number of hydrogen-bond donors (Lipinski definition) is 0. The topological polar surface area (TPSA) is 25.8 Å². The standard InChI is InChI=1S/C16H13ClN2/c17-16-11-18-14-9-8-13(10-15(14)19-16)7-6-12-4-2-1-3-5-12/h1-5,8-11H,6-7H2. The Kier molecular flexibility index (Phi) is 3.43. The van der Waals surface area contributed by atoms with E-state index in [-0.39, 0.29) is 0 Å². The second-order valence-electron chi connectivity index (χ2n) is 4.50. The summed E-state index contributed by atoms with van der Waals surface area (Å²) in [6.45, 7) is 0. The molecule has 0 spiro atoms. The normalized spacial score (nSPS) is 10.8. The molecule has 1 heterocycles. The Morgan fingerprint density at radius 1 is 0.842 bits per heavy atom. The molecule has 2 nitrogen and oxygen atoms in total. The van der Waals surface area contributed by atoms with Crippen LogP contribution in [0.25, 0.3) is 11.0 Å². The fourth-order valence-electron chi connectivity index (χ4n) is 2.12. The van der Waals surface area contributed by atoms with E-state index in [0.717, 1.165) is 23.9 Å². The molecule has 0 atom stereocenters. The molecule has 3 rings (SSSR count). The summed E-state index contributed by atoms with van der Waals surface area (Å²) in [6.07, 6.45) is 3.60. The number of aryl methyl sites for hydroxylation is 2. The van der Waals surface area contributed by atoms with Crippen molar-refractivity contribution < 1.29 is 0 Å². The zero-order chi connectivity index (χ0) is 13.1. The second-order valence-corrected chi connectivity index (χ2v) is 4.89. The first-order chi connectivity index (χ1) is 9.31. The van der Waals surface area contributed by atoms with Crippen LogP contribution >= 0.6 is 11.6 Å². The summed E-state index contributed by atoms with van der Waals surface area (Å²) in [4.78, 5) is 8.54. The molecule has 0 saturated heterocycles. The van der Waals surface area contributed by atoms with Gasteiger partial charge in [-0.05, 0) is 36.1 Å². The summed E-state index contributed by atoms with van der Waals surface area (Å²) in [7, 11) is 0. The molecule has 0 radical (unpaired) electrons. The van der Waals surface area contributed by atoms with Crippen molar-refractivity contribution in [3.05, 3.63) is 71.0 Å². The molecule has 0 amide bonds. The second kappa shape index (κ2) is 5.37. The van der Waals surface area contributed by atoms with Crippen LogP contribution in [0, 0.1) is 0 Å². The predicted molar refractivity (Wildman–Crippen MR) is 78.4 cm³/mol. The average molecular weight is 269 g/mol. The Morgan fingerprint density at radius 2 is 1.63 bits per heavy atom. The molecule has 94 valence electrons. The predicted octanol–water partition coefficient (Wildman–Crippen LogP) is 4.07. The third-order valence-electron chi connectivity index (χ3n) is 3.12. The van der Waals surface area contributed by atoms with Crippen LogP contribution < -0.4 is 0 Å². The van der Waals surface area contributed by atoms with E-state index in [1.165, 1.54) is 11.1 Å². The van der Waals surface area contributed by atoms with Crippen LogP contribution in [0.1, 0.15) is 11.1 Å². The Hall–Kier alpha value is -1.93. The molecule has 1 aromatic heterocycles. The zero-order valence-electron chi connectivity index (χ0n) is 10.4. The van der Waals surface area contributed by atoms with E-state index in [1.54, 1.807) is 6.20 Å². The molecule has 3 aromatic rings. The molecule has 0 unspecified atom stereocenters. The quantitative estimate of drug-likeness (QED) is 0.716. The van der Waals surface area contributed by atoms with Gasteiger partial charge < -0.3 is 0 Å². The molecule has 2 aromatic carbocycles. The highest BCUT2D eigenvalue weighted by atomic mass is 35.5. The van der Waals surface area contributed by atoms with Gasteiger partial charge in [-0.25, -0.2) is 4.98 Å². The highest BCUT2D eigenvalue weighted by Crippen LogP contribution is 2.16. The largest absolute Gasteiger partial charge is 0.251 e. The van der Waals surface area contributed by atoms with E-state index in [1.807, 2.05) is 12.1 Å². The first kappa shape index (κ1) is 12.1. The number of fused-ring (bicyclic) bond motifs is 1. The van der Waals surface area contributed by atoms with E-state index in [4.69, 9.17) is 11.6 Å². The zero-order valence-corrected chi connectivity index (χ0v) is 11.1. The van der Waals surface area contributed by atoms with Crippen molar-refractivity contribution in [2.24, 2.45) is 0 Å². The van der Waals surface area contributed by atoms with E-state index < -0.39 is 0 Å². The van der Waals surface area contributed by atoms with Crippen molar-refractivity contribution in [2.75, 3.05) is 0 Å². The lowest BCUT2D eigenvalue weighted by molar-refractivity contribution is 0.961. The van der Waals surface area contributed by atoms with Gasteiger partial charge in [0.15, 0.2) is 0 Å². The van der Waals surface area contributed by atoms with Gasteiger partial charge in [0, 0.05) is 0 Å². The van der Waals surface area contributed by atoms with E-state index in [2.05, 4.69) is 46.4 Å². The monoisotopic (exact) mass is 268 g/mol. The number of rotatable bonds is 3. The number of hydrogen-bond acceptors (Lipinski definition) is 2. The van der Waals surface area contributed by atoms with Crippen molar-refractivity contribution in [1.82, 2.24) is 9.97 Å². The third kappa shape index (κ3) is 2.91.